The number of hydrogen-bond acceptors (Lipinski definition) is 5. The van der Waals surface area contributed by atoms with Crippen molar-refractivity contribution in [3.8, 4) is 5.75 Å². The second-order valence-electron chi connectivity index (χ2n) is 5.67. The van der Waals surface area contributed by atoms with Crippen molar-refractivity contribution in [1.82, 2.24) is 15.6 Å². The highest BCUT2D eigenvalue weighted by Gasteiger charge is 2.34. The third-order valence-electron chi connectivity index (χ3n) is 3.98. The smallest absolute Gasteiger partial charge is 0.191 e. The second-order valence-corrected chi connectivity index (χ2v) is 5.67. The number of rotatable bonds is 8. The molecule has 1 fully saturated rings. The fourth-order valence-electron chi connectivity index (χ4n) is 2.57. The van der Waals surface area contributed by atoms with Crippen molar-refractivity contribution in [2.75, 3.05) is 46.6 Å². The van der Waals surface area contributed by atoms with Crippen LogP contribution >= 0.6 is 0 Å². The number of nitrogens with zero attached hydrogens (tertiary/aromatic N) is 2. The molecule has 0 saturated carbocycles. The largest absolute Gasteiger partial charge is 0.490 e. The van der Waals surface area contributed by atoms with Gasteiger partial charge >= 0.3 is 0 Å². The van der Waals surface area contributed by atoms with Crippen LogP contribution in [-0.4, -0.2) is 62.6 Å². The Morgan fingerprint density at radius 2 is 2.43 bits per heavy atom. The van der Waals surface area contributed by atoms with Crippen molar-refractivity contribution in [3.05, 3.63) is 24.5 Å². The van der Waals surface area contributed by atoms with E-state index in [4.69, 9.17) is 9.47 Å². The molecule has 1 atom stereocenters. The Balaban J connectivity index is 1.69. The molecule has 1 aromatic rings. The molecule has 2 rings (SSSR count). The van der Waals surface area contributed by atoms with Gasteiger partial charge in [0, 0.05) is 38.4 Å². The van der Waals surface area contributed by atoms with E-state index in [2.05, 4.69) is 20.6 Å². The lowest BCUT2D eigenvalue weighted by molar-refractivity contribution is 0.127. The summed E-state index contributed by atoms with van der Waals surface area (Å²) in [5.41, 5.74) is -0.00141. The lowest BCUT2D eigenvalue weighted by atomic mass is 9.84. The number of guanidine groups is 1. The average Bonchev–Trinajstić information content (AvgIpc) is 3.04. The van der Waals surface area contributed by atoms with Crippen LogP contribution in [0.1, 0.15) is 12.8 Å². The Bertz CT molecular complexity index is 475. The van der Waals surface area contributed by atoms with Crippen molar-refractivity contribution in [1.29, 1.82) is 0 Å². The SMILES string of the molecule is CN=C(NCCOc1cccnc1)NCC1(CCO)CCOC1. The fraction of sp³-hybridized carbons (Fsp3) is 0.625. The molecular formula is C16H26N4O3. The molecule has 1 unspecified atom stereocenters. The number of pyridine rings is 1. The maximum absolute atomic E-state index is 9.25. The van der Waals surface area contributed by atoms with E-state index in [9.17, 15) is 5.11 Å². The molecule has 0 aliphatic carbocycles. The van der Waals surface area contributed by atoms with Gasteiger partial charge in [-0.25, -0.2) is 0 Å². The summed E-state index contributed by atoms with van der Waals surface area (Å²) in [4.78, 5) is 8.21. The number of hydrogen-bond donors (Lipinski definition) is 3. The Labute approximate surface area is 137 Å². The van der Waals surface area contributed by atoms with Crippen LogP contribution in [0.2, 0.25) is 0 Å². The van der Waals surface area contributed by atoms with Crippen LogP contribution in [0, 0.1) is 5.41 Å². The molecule has 0 amide bonds. The molecule has 23 heavy (non-hydrogen) atoms. The highest BCUT2D eigenvalue weighted by atomic mass is 16.5. The summed E-state index contributed by atoms with van der Waals surface area (Å²) in [6.45, 7) is 3.51. The average molecular weight is 322 g/mol. The molecule has 1 aromatic heterocycles. The van der Waals surface area contributed by atoms with Gasteiger partial charge in [0.2, 0.25) is 0 Å². The van der Waals surface area contributed by atoms with E-state index in [0.29, 0.717) is 19.8 Å². The van der Waals surface area contributed by atoms with Gasteiger partial charge in [-0.2, -0.15) is 0 Å². The summed E-state index contributed by atoms with van der Waals surface area (Å²) < 4.78 is 11.1. The van der Waals surface area contributed by atoms with Crippen molar-refractivity contribution in [2.45, 2.75) is 12.8 Å². The van der Waals surface area contributed by atoms with Crippen LogP contribution in [0.4, 0.5) is 0 Å². The van der Waals surface area contributed by atoms with Crippen molar-refractivity contribution in [3.63, 3.8) is 0 Å². The highest BCUT2D eigenvalue weighted by Crippen LogP contribution is 2.31. The minimum absolute atomic E-state index is 0.00141. The van der Waals surface area contributed by atoms with Gasteiger partial charge in [-0.05, 0) is 25.0 Å². The van der Waals surface area contributed by atoms with Crippen LogP contribution in [0.3, 0.4) is 0 Å². The van der Waals surface area contributed by atoms with Gasteiger partial charge in [0.25, 0.3) is 0 Å². The van der Waals surface area contributed by atoms with Crippen LogP contribution < -0.4 is 15.4 Å². The number of aromatic nitrogens is 1. The molecule has 7 heteroatoms. The van der Waals surface area contributed by atoms with Crippen LogP contribution in [0.5, 0.6) is 5.75 Å². The van der Waals surface area contributed by atoms with E-state index in [1.807, 2.05) is 12.1 Å². The zero-order chi connectivity index (χ0) is 16.4. The van der Waals surface area contributed by atoms with Gasteiger partial charge < -0.3 is 25.2 Å². The van der Waals surface area contributed by atoms with Gasteiger partial charge in [-0.1, -0.05) is 0 Å². The molecule has 1 aliphatic rings. The molecule has 0 spiro atoms. The van der Waals surface area contributed by atoms with E-state index in [-0.39, 0.29) is 12.0 Å². The first-order valence-electron chi connectivity index (χ1n) is 7.94. The first kappa shape index (κ1) is 17.5. The number of ether oxygens (including phenoxy) is 2. The molecular weight excluding hydrogens is 296 g/mol. The highest BCUT2D eigenvalue weighted by molar-refractivity contribution is 5.79. The predicted molar refractivity (Wildman–Crippen MR) is 88.7 cm³/mol. The predicted octanol–water partition coefficient (Wildman–Crippen LogP) is 0.414. The van der Waals surface area contributed by atoms with Gasteiger partial charge in [0.05, 0.1) is 19.3 Å². The standard InChI is InChI=1S/C16H26N4O3/c1-17-15(19-7-10-23-14-3-2-6-18-11-14)20-12-16(4-8-21)5-9-22-13-16/h2-3,6,11,21H,4-5,7-10,12-13H2,1H3,(H2,17,19,20). The molecule has 3 N–H and O–H groups in total. The summed E-state index contributed by atoms with van der Waals surface area (Å²) in [5.74, 6) is 1.48. The molecule has 1 saturated heterocycles. The summed E-state index contributed by atoms with van der Waals surface area (Å²) in [6.07, 6.45) is 5.10. The molecule has 2 heterocycles. The van der Waals surface area contributed by atoms with E-state index < -0.39 is 0 Å². The zero-order valence-corrected chi connectivity index (χ0v) is 13.6. The Kier molecular flexibility index (Phi) is 7.09. The van der Waals surface area contributed by atoms with Crippen LogP contribution in [0.25, 0.3) is 0 Å². The summed E-state index contributed by atoms with van der Waals surface area (Å²) in [5, 5.41) is 15.8. The molecule has 0 aromatic carbocycles. The van der Waals surface area contributed by atoms with Crippen molar-refractivity contribution >= 4 is 5.96 Å². The summed E-state index contributed by atoms with van der Waals surface area (Å²) >= 11 is 0. The van der Waals surface area contributed by atoms with Gasteiger partial charge in [0.1, 0.15) is 12.4 Å². The maximum Gasteiger partial charge on any atom is 0.191 e. The van der Waals surface area contributed by atoms with E-state index >= 15 is 0 Å². The molecule has 0 radical (unpaired) electrons. The number of aliphatic hydroxyl groups is 1. The van der Waals surface area contributed by atoms with Gasteiger partial charge in [-0.15, -0.1) is 0 Å². The van der Waals surface area contributed by atoms with E-state index in [1.165, 1.54) is 0 Å². The fourth-order valence-corrected chi connectivity index (χ4v) is 2.57. The molecule has 1 aliphatic heterocycles. The van der Waals surface area contributed by atoms with Gasteiger partial charge in [0.15, 0.2) is 5.96 Å². The molecule has 7 nitrogen and oxygen atoms in total. The van der Waals surface area contributed by atoms with E-state index in [1.54, 1.807) is 19.4 Å². The monoisotopic (exact) mass is 322 g/mol. The van der Waals surface area contributed by atoms with Crippen LogP contribution in [-0.2, 0) is 4.74 Å². The first-order chi connectivity index (χ1) is 11.3. The van der Waals surface area contributed by atoms with Gasteiger partial charge in [-0.3, -0.25) is 9.98 Å². The first-order valence-corrected chi connectivity index (χ1v) is 7.94. The lowest BCUT2D eigenvalue weighted by Crippen LogP contribution is -2.45. The topological polar surface area (TPSA) is 88.0 Å². The summed E-state index contributed by atoms with van der Waals surface area (Å²) in [7, 11) is 1.74. The zero-order valence-electron chi connectivity index (χ0n) is 13.6. The second kappa shape index (κ2) is 9.32. The quantitative estimate of drug-likeness (QED) is 0.365. The molecule has 0 bridgehead atoms. The Morgan fingerprint density at radius 1 is 1.52 bits per heavy atom. The van der Waals surface area contributed by atoms with Crippen molar-refractivity contribution in [2.24, 2.45) is 10.4 Å². The number of aliphatic imine (C=N–C) groups is 1. The van der Waals surface area contributed by atoms with Crippen LogP contribution in [0.15, 0.2) is 29.5 Å². The Morgan fingerprint density at radius 3 is 3.09 bits per heavy atom. The number of aliphatic hydroxyl groups excluding tert-OH is 1. The molecule has 128 valence electrons. The lowest BCUT2D eigenvalue weighted by Gasteiger charge is -2.27. The number of nitrogens with one attached hydrogen (secondary N) is 2. The third kappa shape index (κ3) is 5.69. The maximum atomic E-state index is 9.25. The Hall–Kier alpha value is -1.86. The minimum Gasteiger partial charge on any atom is -0.490 e. The van der Waals surface area contributed by atoms with Crippen molar-refractivity contribution < 1.29 is 14.6 Å². The normalized spacial score (nSPS) is 21.2. The summed E-state index contributed by atoms with van der Waals surface area (Å²) in [6, 6.07) is 3.71. The third-order valence-corrected chi connectivity index (χ3v) is 3.98. The van der Waals surface area contributed by atoms with E-state index in [0.717, 1.165) is 37.7 Å². The minimum atomic E-state index is -0.00141.